The van der Waals surface area contributed by atoms with Crippen LogP contribution < -0.4 is 5.32 Å². The van der Waals surface area contributed by atoms with Crippen LogP contribution in [0.4, 0.5) is 0 Å². The van der Waals surface area contributed by atoms with Crippen molar-refractivity contribution in [2.75, 3.05) is 19.6 Å². The van der Waals surface area contributed by atoms with Gasteiger partial charge in [-0.15, -0.1) is 0 Å². The van der Waals surface area contributed by atoms with Gasteiger partial charge in [-0.25, -0.2) is 0 Å². The standard InChI is InChI=1S/C17H32N2/c1-14-11-18-16(15-7-4-3-5-8-15)12-19(14)13-17(2)9-6-10-17/h14-16,18H,3-13H2,1-2H3. The Labute approximate surface area is 119 Å². The van der Waals surface area contributed by atoms with E-state index in [0.29, 0.717) is 5.41 Å². The molecule has 0 amide bonds. The maximum atomic E-state index is 3.85. The van der Waals surface area contributed by atoms with E-state index in [9.17, 15) is 0 Å². The summed E-state index contributed by atoms with van der Waals surface area (Å²) in [5.41, 5.74) is 0.642. The zero-order chi connectivity index (χ0) is 13.3. The molecule has 0 radical (unpaired) electrons. The first kappa shape index (κ1) is 13.9. The van der Waals surface area contributed by atoms with Crippen LogP contribution in [-0.2, 0) is 0 Å². The van der Waals surface area contributed by atoms with Crippen molar-refractivity contribution >= 4 is 0 Å². The first-order valence-electron chi connectivity index (χ1n) is 8.64. The Bertz CT molecular complexity index is 292. The highest BCUT2D eigenvalue weighted by Crippen LogP contribution is 2.41. The predicted molar refractivity (Wildman–Crippen MR) is 81.4 cm³/mol. The Morgan fingerprint density at radius 3 is 2.47 bits per heavy atom. The summed E-state index contributed by atoms with van der Waals surface area (Å²) in [5.74, 6) is 0.956. The third kappa shape index (κ3) is 3.16. The van der Waals surface area contributed by atoms with Crippen LogP contribution in [0.3, 0.4) is 0 Å². The van der Waals surface area contributed by atoms with Gasteiger partial charge in [-0.1, -0.05) is 32.6 Å². The van der Waals surface area contributed by atoms with Gasteiger partial charge in [-0.05, 0) is 43.9 Å². The van der Waals surface area contributed by atoms with Gasteiger partial charge in [0.15, 0.2) is 0 Å². The molecule has 3 fully saturated rings. The van der Waals surface area contributed by atoms with Gasteiger partial charge in [0.25, 0.3) is 0 Å². The fourth-order valence-electron chi connectivity index (χ4n) is 4.45. The van der Waals surface area contributed by atoms with E-state index < -0.39 is 0 Å². The molecule has 2 atom stereocenters. The Morgan fingerprint density at radius 1 is 1.11 bits per heavy atom. The zero-order valence-electron chi connectivity index (χ0n) is 13.0. The fourth-order valence-corrected chi connectivity index (χ4v) is 4.45. The first-order valence-corrected chi connectivity index (χ1v) is 8.64. The Kier molecular flexibility index (Phi) is 4.19. The summed E-state index contributed by atoms with van der Waals surface area (Å²) in [6.07, 6.45) is 11.7. The van der Waals surface area contributed by atoms with E-state index in [0.717, 1.165) is 18.0 Å². The second-order valence-electron chi connectivity index (χ2n) is 7.86. The Balaban J connectivity index is 1.56. The highest BCUT2D eigenvalue weighted by atomic mass is 15.2. The lowest BCUT2D eigenvalue weighted by Gasteiger charge is -2.48. The summed E-state index contributed by atoms with van der Waals surface area (Å²) in [7, 11) is 0. The van der Waals surface area contributed by atoms with Crippen molar-refractivity contribution in [2.45, 2.75) is 77.3 Å². The summed E-state index contributed by atoms with van der Waals surface area (Å²) in [6.45, 7) is 8.77. The molecule has 0 aromatic carbocycles. The van der Waals surface area contributed by atoms with Gasteiger partial charge in [0.05, 0.1) is 0 Å². The van der Waals surface area contributed by atoms with Crippen molar-refractivity contribution in [3.63, 3.8) is 0 Å². The molecule has 1 heterocycles. The molecule has 2 heteroatoms. The molecular weight excluding hydrogens is 232 g/mol. The van der Waals surface area contributed by atoms with Crippen LogP contribution in [0.15, 0.2) is 0 Å². The van der Waals surface area contributed by atoms with Crippen LogP contribution in [0.25, 0.3) is 0 Å². The van der Waals surface area contributed by atoms with Gasteiger partial charge < -0.3 is 5.32 Å². The normalized spacial score (nSPS) is 36.9. The lowest BCUT2D eigenvalue weighted by atomic mass is 9.70. The molecule has 0 aromatic heterocycles. The predicted octanol–water partition coefficient (Wildman–Crippen LogP) is 3.42. The van der Waals surface area contributed by atoms with Gasteiger partial charge in [0.2, 0.25) is 0 Å². The molecule has 1 saturated heterocycles. The molecular formula is C17H32N2. The molecule has 0 spiro atoms. The highest BCUT2D eigenvalue weighted by Gasteiger charge is 2.38. The number of piperazine rings is 1. The fraction of sp³-hybridized carbons (Fsp3) is 1.00. The van der Waals surface area contributed by atoms with Gasteiger partial charge >= 0.3 is 0 Å². The largest absolute Gasteiger partial charge is 0.311 e. The van der Waals surface area contributed by atoms with Gasteiger partial charge in [0.1, 0.15) is 0 Å². The summed E-state index contributed by atoms with van der Waals surface area (Å²) < 4.78 is 0. The number of hydrogen-bond acceptors (Lipinski definition) is 2. The van der Waals surface area contributed by atoms with E-state index in [1.807, 2.05) is 0 Å². The van der Waals surface area contributed by atoms with Crippen LogP contribution in [-0.4, -0.2) is 36.6 Å². The topological polar surface area (TPSA) is 15.3 Å². The van der Waals surface area contributed by atoms with Crippen LogP contribution in [0.2, 0.25) is 0 Å². The molecule has 19 heavy (non-hydrogen) atoms. The number of nitrogens with one attached hydrogen (secondary N) is 1. The van der Waals surface area contributed by atoms with Crippen molar-refractivity contribution in [2.24, 2.45) is 11.3 Å². The number of hydrogen-bond donors (Lipinski definition) is 1. The third-order valence-electron chi connectivity index (χ3n) is 6.09. The van der Waals surface area contributed by atoms with Gasteiger partial charge in [0, 0.05) is 31.7 Å². The summed E-state index contributed by atoms with van der Waals surface area (Å²) in [6, 6.07) is 1.51. The van der Waals surface area contributed by atoms with Gasteiger partial charge in [-0.2, -0.15) is 0 Å². The first-order chi connectivity index (χ1) is 9.16. The summed E-state index contributed by atoms with van der Waals surface area (Å²) in [5, 5.41) is 3.85. The second kappa shape index (κ2) is 5.73. The second-order valence-corrected chi connectivity index (χ2v) is 7.86. The van der Waals surface area contributed by atoms with E-state index in [1.54, 1.807) is 0 Å². The van der Waals surface area contributed by atoms with Crippen LogP contribution in [0.5, 0.6) is 0 Å². The minimum Gasteiger partial charge on any atom is -0.311 e. The van der Waals surface area contributed by atoms with E-state index in [2.05, 4.69) is 24.1 Å². The molecule has 2 aliphatic carbocycles. The van der Waals surface area contributed by atoms with Crippen LogP contribution >= 0.6 is 0 Å². The molecule has 1 N–H and O–H groups in total. The number of rotatable bonds is 3. The molecule has 0 bridgehead atoms. The highest BCUT2D eigenvalue weighted by molar-refractivity contribution is 4.93. The van der Waals surface area contributed by atoms with E-state index >= 15 is 0 Å². The maximum absolute atomic E-state index is 3.85. The minimum atomic E-state index is 0.642. The molecule has 3 aliphatic rings. The molecule has 110 valence electrons. The minimum absolute atomic E-state index is 0.642. The average molecular weight is 264 g/mol. The van der Waals surface area contributed by atoms with Crippen molar-refractivity contribution in [3.05, 3.63) is 0 Å². The summed E-state index contributed by atoms with van der Waals surface area (Å²) in [4.78, 5) is 2.80. The molecule has 0 aromatic rings. The average Bonchev–Trinajstić information content (AvgIpc) is 2.40. The van der Waals surface area contributed by atoms with Gasteiger partial charge in [-0.3, -0.25) is 4.90 Å². The van der Waals surface area contributed by atoms with Crippen molar-refractivity contribution in [1.82, 2.24) is 10.2 Å². The molecule has 3 rings (SSSR count). The van der Waals surface area contributed by atoms with Crippen LogP contribution in [0, 0.1) is 11.3 Å². The third-order valence-corrected chi connectivity index (χ3v) is 6.09. The smallest absolute Gasteiger partial charge is 0.0224 e. The Morgan fingerprint density at radius 2 is 1.84 bits per heavy atom. The quantitative estimate of drug-likeness (QED) is 0.840. The van der Waals surface area contributed by atoms with E-state index in [1.165, 1.54) is 71.0 Å². The lowest BCUT2D eigenvalue weighted by Crippen LogP contribution is -2.60. The monoisotopic (exact) mass is 264 g/mol. The molecule has 2 nitrogen and oxygen atoms in total. The van der Waals surface area contributed by atoms with Crippen molar-refractivity contribution in [1.29, 1.82) is 0 Å². The maximum Gasteiger partial charge on any atom is 0.0224 e. The van der Waals surface area contributed by atoms with Crippen LogP contribution in [0.1, 0.15) is 65.2 Å². The van der Waals surface area contributed by atoms with E-state index in [4.69, 9.17) is 0 Å². The SMILES string of the molecule is CC1CNC(C2CCCCC2)CN1CC1(C)CCC1. The molecule has 1 aliphatic heterocycles. The number of nitrogens with zero attached hydrogens (tertiary/aromatic N) is 1. The van der Waals surface area contributed by atoms with Crippen molar-refractivity contribution in [3.8, 4) is 0 Å². The van der Waals surface area contributed by atoms with E-state index in [-0.39, 0.29) is 0 Å². The Hall–Kier alpha value is -0.0800. The molecule has 2 unspecified atom stereocenters. The molecule has 2 saturated carbocycles. The van der Waals surface area contributed by atoms with Crippen molar-refractivity contribution < 1.29 is 0 Å². The zero-order valence-corrected chi connectivity index (χ0v) is 13.0. The lowest BCUT2D eigenvalue weighted by molar-refractivity contribution is 0.0295. The summed E-state index contributed by atoms with van der Waals surface area (Å²) >= 11 is 0.